The molecule has 1 aromatic rings. The van der Waals surface area contributed by atoms with Crippen LogP contribution in [0.1, 0.15) is 24.1 Å². The fourth-order valence-corrected chi connectivity index (χ4v) is 1.53. The maximum atomic E-state index is 11.1. The van der Waals surface area contributed by atoms with E-state index in [1.54, 1.807) is 6.20 Å². The minimum absolute atomic E-state index is 0.0983. The number of aromatic nitrogens is 1. The second kappa shape index (κ2) is 2.59. The lowest BCUT2D eigenvalue weighted by atomic mass is 9.97. The van der Waals surface area contributed by atoms with E-state index in [9.17, 15) is 4.79 Å². The number of nitrogens with one attached hydrogen (secondary N) is 1. The van der Waals surface area contributed by atoms with Crippen molar-refractivity contribution in [3.8, 4) is 0 Å². The molecule has 0 aliphatic carbocycles. The van der Waals surface area contributed by atoms with Gasteiger partial charge in [-0.2, -0.15) is 0 Å². The lowest BCUT2D eigenvalue weighted by molar-refractivity contribution is -0.121. The van der Waals surface area contributed by atoms with Crippen molar-refractivity contribution in [3.05, 3.63) is 29.6 Å². The molecular formula is C9H10N2O. The maximum Gasteiger partial charge on any atom is 0.224 e. The summed E-state index contributed by atoms with van der Waals surface area (Å²) in [6.07, 6.45) is 4.03. The van der Waals surface area contributed by atoms with E-state index < -0.39 is 0 Å². The fourth-order valence-electron chi connectivity index (χ4n) is 1.53. The molecule has 0 aromatic carbocycles. The molecular weight excluding hydrogens is 152 g/mol. The largest absolute Gasteiger partial charge is 0.349 e. The molecule has 0 saturated heterocycles. The van der Waals surface area contributed by atoms with Crippen LogP contribution in [0.15, 0.2) is 18.5 Å². The first-order valence-electron chi connectivity index (χ1n) is 3.99. The van der Waals surface area contributed by atoms with Crippen LogP contribution in [-0.4, -0.2) is 10.9 Å². The van der Waals surface area contributed by atoms with Crippen LogP contribution in [0.25, 0.3) is 0 Å². The molecule has 1 aromatic heterocycles. The number of carbonyl (C=O) groups excluding carboxylic acids is 1. The Kier molecular flexibility index (Phi) is 1.57. The molecule has 1 amide bonds. The summed E-state index contributed by atoms with van der Waals surface area (Å²) in [5.74, 6) is 0.0983. The Morgan fingerprint density at radius 2 is 2.50 bits per heavy atom. The first-order valence-corrected chi connectivity index (χ1v) is 3.99. The molecule has 1 aliphatic rings. The van der Waals surface area contributed by atoms with E-state index in [0.717, 1.165) is 11.1 Å². The molecule has 0 unspecified atom stereocenters. The van der Waals surface area contributed by atoms with Gasteiger partial charge in [0, 0.05) is 12.4 Å². The molecule has 0 fully saturated rings. The molecule has 2 heterocycles. The number of hydrogen-bond acceptors (Lipinski definition) is 2. The minimum atomic E-state index is 0.0983. The molecule has 12 heavy (non-hydrogen) atoms. The van der Waals surface area contributed by atoms with E-state index in [1.807, 2.05) is 19.2 Å². The van der Waals surface area contributed by atoms with Gasteiger partial charge in [-0.1, -0.05) is 0 Å². The number of fused-ring (bicyclic) bond motifs is 1. The van der Waals surface area contributed by atoms with Crippen LogP contribution < -0.4 is 5.32 Å². The van der Waals surface area contributed by atoms with Crippen LogP contribution in [0.2, 0.25) is 0 Å². The molecule has 1 aliphatic heterocycles. The average Bonchev–Trinajstić information content (AvgIpc) is 2.04. The van der Waals surface area contributed by atoms with Crippen molar-refractivity contribution in [2.45, 2.75) is 19.4 Å². The molecule has 3 heteroatoms. The Morgan fingerprint density at radius 3 is 3.33 bits per heavy atom. The van der Waals surface area contributed by atoms with Crippen LogP contribution in [0.3, 0.4) is 0 Å². The van der Waals surface area contributed by atoms with Gasteiger partial charge in [-0.25, -0.2) is 0 Å². The van der Waals surface area contributed by atoms with Crippen molar-refractivity contribution in [3.63, 3.8) is 0 Å². The average molecular weight is 162 g/mol. The maximum absolute atomic E-state index is 11.1. The van der Waals surface area contributed by atoms with Gasteiger partial charge in [0.1, 0.15) is 0 Å². The van der Waals surface area contributed by atoms with Crippen molar-refractivity contribution in [1.82, 2.24) is 10.3 Å². The Labute approximate surface area is 70.8 Å². The molecule has 0 bridgehead atoms. The second-order valence-electron chi connectivity index (χ2n) is 3.04. The lowest BCUT2D eigenvalue weighted by Gasteiger charge is -2.22. The van der Waals surface area contributed by atoms with Gasteiger partial charge in [-0.3, -0.25) is 9.78 Å². The highest BCUT2D eigenvalue weighted by Crippen LogP contribution is 2.20. The standard InChI is InChI=1S/C9H10N2O/c1-6-8-5-10-3-2-7(8)4-9(12)11-6/h2-3,5-6H,4H2,1H3,(H,11,12)/t6-/m0/s1. The van der Waals surface area contributed by atoms with Crippen molar-refractivity contribution in [2.24, 2.45) is 0 Å². The van der Waals surface area contributed by atoms with E-state index >= 15 is 0 Å². The highest BCUT2D eigenvalue weighted by atomic mass is 16.1. The van der Waals surface area contributed by atoms with Crippen molar-refractivity contribution in [1.29, 1.82) is 0 Å². The van der Waals surface area contributed by atoms with Gasteiger partial charge in [-0.05, 0) is 24.1 Å². The summed E-state index contributed by atoms with van der Waals surface area (Å²) >= 11 is 0. The smallest absolute Gasteiger partial charge is 0.224 e. The zero-order valence-electron chi connectivity index (χ0n) is 6.87. The predicted octanol–water partition coefficient (Wildman–Crippen LogP) is 0.815. The molecule has 0 spiro atoms. The third-order valence-electron chi connectivity index (χ3n) is 2.14. The quantitative estimate of drug-likeness (QED) is 0.613. The summed E-state index contributed by atoms with van der Waals surface area (Å²) in [6, 6.07) is 2.01. The summed E-state index contributed by atoms with van der Waals surface area (Å²) in [5.41, 5.74) is 2.23. The van der Waals surface area contributed by atoms with Crippen LogP contribution in [0.5, 0.6) is 0 Å². The first-order chi connectivity index (χ1) is 5.77. The zero-order chi connectivity index (χ0) is 8.55. The summed E-state index contributed by atoms with van der Waals surface area (Å²) in [6.45, 7) is 1.97. The normalized spacial score (nSPS) is 21.4. The Bertz CT molecular complexity index is 322. The lowest BCUT2D eigenvalue weighted by Crippen LogP contribution is -2.33. The Morgan fingerprint density at radius 1 is 1.67 bits per heavy atom. The van der Waals surface area contributed by atoms with Crippen LogP contribution >= 0.6 is 0 Å². The van der Waals surface area contributed by atoms with Gasteiger partial charge in [-0.15, -0.1) is 0 Å². The van der Waals surface area contributed by atoms with Crippen LogP contribution in [0, 0.1) is 0 Å². The topological polar surface area (TPSA) is 42.0 Å². The minimum Gasteiger partial charge on any atom is -0.349 e. The number of nitrogens with zero attached hydrogens (tertiary/aromatic N) is 1. The zero-order valence-corrected chi connectivity index (χ0v) is 6.87. The summed E-state index contributed by atoms with van der Waals surface area (Å²) in [4.78, 5) is 15.1. The molecule has 0 radical (unpaired) electrons. The van der Waals surface area contributed by atoms with Gasteiger partial charge in [0.2, 0.25) is 5.91 Å². The van der Waals surface area contributed by atoms with Gasteiger partial charge in [0.05, 0.1) is 12.5 Å². The van der Waals surface area contributed by atoms with Crippen molar-refractivity contribution >= 4 is 5.91 Å². The Balaban J connectivity index is 2.47. The third-order valence-corrected chi connectivity index (χ3v) is 2.14. The van der Waals surface area contributed by atoms with E-state index in [2.05, 4.69) is 10.3 Å². The number of carbonyl (C=O) groups is 1. The number of amides is 1. The summed E-state index contributed by atoms with van der Waals surface area (Å²) < 4.78 is 0. The second-order valence-corrected chi connectivity index (χ2v) is 3.04. The van der Waals surface area contributed by atoms with Gasteiger partial charge >= 0.3 is 0 Å². The molecule has 0 saturated carbocycles. The fraction of sp³-hybridized carbons (Fsp3) is 0.333. The van der Waals surface area contributed by atoms with Gasteiger partial charge in [0.25, 0.3) is 0 Å². The first kappa shape index (κ1) is 7.28. The van der Waals surface area contributed by atoms with Gasteiger partial charge < -0.3 is 5.32 Å². The Hall–Kier alpha value is -1.38. The molecule has 1 N–H and O–H groups in total. The van der Waals surface area contributed by atoms with E-state index in [0.29, 0.717) is 6.42 Å². The number of rotatable bonds is 0. The monoisotopic (exact) mass is 162 g/mol. The SMILES string of the molecule is C[C@@H]1NC(=O)Cc2ccncc21. The highest BCUT2D eigenvalue weighted by Gasteiger charge is 2.20. The van der Waals surface area contributed by atoms with E-state index in [-0.39, 0.29) is 11.9 Å². The van der Waals surface area contributed by atoms with Crippen LogP contribution in [-0.2, 0) is 11.2 Å². The predicted molar refractivity (Wildman–Crippen MR) is 44.5 cm³/mol. The van der Waals surface area contributed by atoms with Crippen LogP contribution in [0.4, 0.5) is 0 Å². The van der Waals surface area contributed by atoms with E-state index in [4.69, 9.17) is 0 Å². The van der Waals surface area contributed by atoms with E-state index in [1.165, 1.54) is 0 Å². The highest BCUT2D eigenvalue weighted by molar-refractivity contribution is 5.81. The summed E-state index contributed by atoms with van der Waals surface area (Å²) in [7, 11) is 0. The molecule has 1 atom stereocenters. The van der Waals surface area contributed by atoms with Crippen molar-refractivity contribution in [2.75, 3.05) is 0 Å². The molecule has 3 nitrogen and oxygen atoms in total. The number of pyridine rings is 1. The van der Waals surface area contributed by atoms with Crippen molar-refractivity contribution < 1.29 is 4.79 Å². The number of hydrogen-bond donors (Lipinski definition) is 1. The summed E-state index contributed by atoms with van der Waals surface area (Å²) in [5, 5.41) is 2.86. The molecule has 62 valence electrons. The van der Waals surface area contributed by atoms with Gasteiger partial charge in [0.15, 0.2) is 0 Å². The molecule has 2 rings (SSSR count). The third kappa shape index (κ3) is 1.07.